The van der Waals surface area contributed by atoms with E-state index < -0.39 is 49.5 Å². The molecule has 9 nitrogen and oxygen atoms in total. The fourth-order valence-electron chi connectivity index (χ4n) is 11.1. The Bertz CT molecular complexity index is 1400. The summed E-state index contributed by atoms with van der Waals surface area (Å²) in [6.45, 7) is 3.80. The lowest BCUT2D eigenvalue weighted by Crippen LogP contribution is -2.60. The highest BCUT2D eigenvalue weighted by molar-refractivity contribution is 5.76. The second-order valence-electron chi connectivity index (χ2n) is 24.3. The summed E-state index contributed by atoms with van der Waals surface area (Å²) in [6.07, 6.45) is 75.1. The van der Waals surface area contributed by atoms with E-state index in [9.17, 15) is 30.3 Å². The van der Waals surface area contributed by atoms with Crippen LogP contribution in [-0.4, -0.2) is 87.5 Å². The van der Waals surface area contributed by atoms with Crippen LogP contribution in [0, 0.1) is 0 Å². The Labute approximate surface area is 494 Å². The largest absolute Gasteiger partial charge is 0.394 e. The van der Waals surface area contributed by atoms with Crippen molar-refractivity contribution in [2.24, 2.45) is 0 Å². The molecule has 1 rings (SSSR count). The molecule has 80 heavy (non-hydrogen) atoms. The van der Waals surface area contributed by atoms with E-state index in [1.54, 1.807) is 6.08 Å². The van der Waals surface area contributed by atoms with Crippen LogP contribution in [0.2, 0.25) is 0 Å². The fourth-order valence-corrected chi connectivity index (χ4v) is 11.1. The molecule has 7 unspecified atom stereocenters. The van der Waals surface area contributed by atoms with E-state index in [4.69, 9.17) is 9.47 Å². The molecule has 0 aliphatic carbocycles. The van der Waals surface area contributed by atoms with Gasteiger partial charge >= 0.3 is 0 Å². The molecule has 0 radical (unpaired) electrons. The Kier molecular flexibility index (Phi) is 57.4. The summed E-state index contributed by atoms with van der Waals surface area (Å²) in [5.74, 6) is -0.180. The highest BCUT2D eigenvalue weighted by atomic mass is 16.7. The van der Waals surface area contributed by atoms with Crippen molar-refractivity contribution in [3.05, 3.63) is 48.6 Å². The van der Waals surface area contributed by atoms with Gasteiger partial charge in [0.25, 0.3) is 0 Å². The molecule has 1 aliphatic rings. The van der Waals surface area contributed by atoms with Crippen molar-refractivity contribution >= 4 is 5.91 Å². The molecule has 1 saturated heterocycles. The van der Waals surface area contributed by atoms with Gasteiger partial charge in [-0.2, -0.15) is 0 Å². The summed E-state index contributed by atoms with van der Waals surface area (Å²) in [6, 6.07) is -0.822. The number of allylic oxidation sites excluding steroid dienone is 7. The lowest BCUT2D eigenvalue weighted by atomic mass is 9.99. The monoisotopic (exact) mass is 1130 g/mol. The van der Waals surface area contributed by atoms with Crippen LogP contribution in [0.25, 0.3) is 0 Å². The van der Waals surface area contributed by atoms with Gasteiger partial charge in [0.2, 0.25) is 5.91 Å². The summed E-state index contributed by atoms with van der Waals surface area (Å²) >= 11 is 0. The van der Waals surface area contributed by atoms with Gasteiger partial charge in [0.1, 0.15) is 24.4 Å². The summed E-state index contributed by atoms with van der Waals surface area (Å²) in [5.41, 5.74) is 0. The van der Waals surface area contributed by atoms with Crippen molar-refractivity contribution in [3.63, 3.8) is 0 Å². The number of hydrogen-bond acceptors (Lipinski definition) is 8. The Morgan fingerprint density at radius 2 is 0.750 bits per heavy atom. The number of nitrogens with one attached hydrogen (secondary N) is 1. The fraction of sp³-hybridized carbons (Fsp3) is 0.873. The van der Waals surface area contributed by atoms with Gasteiger partial charge in [0.05, 0.1) is 25.4 Å². The first-order valence-corrected chi connectivity index (χ1v) is 34.9. The SMILES string of the molecule is CCCCCCC/C=C\C/C=C\CCCCCCCCCCCCCCCCCCCCCCCC(=O)NC(COC1OC(CO)C(O)C(O)C1O)C(O)/C=C/CC/C=C/CCCCCCCCCCCCCCCCCCCC. The van der Waals surface area contributed by atoms with Gasteiger partial charge in [0, 0.05) is 6.42 Å². The van der Waals surface area contributed by atoms with Crippen LogP contribution in [-0.2, 0) is 14.3 Å². The van der Waals surface area contributed by atoms with Gasteiger partial charge in [0.15, 0.2) is 6.29 Å². The third-order valence-electron chi connectivity index (χ3n) is 16.6. The summed E-state index contributed by atoms with van der Waals surface area (Å²) in [4.78, 5) is 13.1. The maximum atomic E-state index is 13.1. The number of rotatable bonds is 61. The second kappa shape index (κ2) is 60.3. The zero-order valence-corrected chi connectivity index (χ0v) is 52.6. The molecular formula is C71H133NO8. The number of carbonyl (C=O) groups excluding carboxylic acids is 1. The van der Waals surface area contributed by atoms with Crippen LogP contribution in [0.5, 0.6) is 0 Å². The molecule has 1 fully saturated rings. The molecule has 9 heteroatoms. The number of hydrogen-bond donors (Lipinski definition) is 6. The molecular weight excluding hydrogens is 995 g/mol. The number of ether oxygens (including phenoxy) is 2. The number of aliphatic hydroxyl groups is 5. The van der Waals surface area contributed by atoms with Crippen LogP contribution in [0.1, 0.15) is 341 Å². The summed E-state index contributed by atoms with van der Waals surface area (Å²) < 4.78 is 11.3. The quantitative estimate of drug-likeness (QED) is 0.0261. The van der Waals surface area contributed by atoms with Gasteiger partial charge < -0.3 is 40.3 Å². The topological polar surface area (TPSA) is 149 Å². The molecule has 0 saturated carbocycles. The normalized spacial score (nSPS) is 18.7. The minimum absolute atomic E-state index is 0.180. The van der Waals surface area contributed by atoms with E-state index in [0.717, 1.165) is 44.9 Å². The molecule has 1 aliphatic heterocycles. The highest BCUT2D eigenvalue weighted by Gasteiger charge is 2.44. The first kappa shape index (κ1) is 76.2. The summed E-state index contributed by atoms with van der Waals surface area (Å²) in [7, 11) is 0. The smallest absolute Gasteiger partial charge is 0.220 e. The molecule has 6 N–H and O–H groups in total. The van der Waals surface area contributed by atoms with Crippen molar-refractivity contribution < 1.29 is 39.8 Å². The molecule has 470 valence electrons. The predicted molar refractivity (Wildman–Crippen MR) is 341 cm³/mol. The van der Waals surface area contributed by atoms with E-state index >= 15 is 0 Å². The Morgan fingerprint density at radius 3 is 1.12 bits per heavy atom. The molecule has 0 aromatic carbocycles. The van der Waals surface area contributed by atoms with E-state index in [1.807, 2.05) is 6.08 Å². The standard InChI is InChI=1S/C71H133NO8/c1-3-5-7-9-11-13-15-17-19-21-23-25-27-29-30-31-32-33-34-35-36-37-39-41-43-45-47-49-51-53-55-57-59-61-67(75)72-64(63-79-71-70(78)69(77)68(76)66(62-73)80-71)65(74)60-58-56-54-52-50-48-46-44-42-40-38-28-26-24-22-20-18-16-14-12-10-8-6-4-2/h15,17,21,23,50,52,58,60,64-66,68-71,73-74,76-78H,3-14,16,18-20,22,24-49,51,53-57,59,61-63H2,1-2H3,(H,72,75)/b17-15-,23-21-,52-50+,60-58+. The van der Waals surface area contributed by atoms with Crippen molar-refractivity contribution in [3.8, 4) is 0 Å². The summed E-state index contributed by atoms with van der Waals surface area (Å²) in [5, 5.41) is 54.7. The van der Waals surface area contributed by atoms with Gasteiger partial charge in [-0.3, -0.25) is 4.79 Å². The van der Waals surface area contributed by atoms with Crippen LogP contribution in [0.15, 0.2) is 48.6 Å². The van der Waals surface area contributed by atoms with Gasteiger partial charge in [-0.1, -0.05) is 319 Å². The maximum Gasteiger partial charge on any atom is 0.220 e. The molecule has 1 amide bonds. The Hall–Kier alpha value is -1.85. The highest BCUT2D eigenvalue weighted by Crippen LogP contribution is 2.23. The third-order valence-corrected chi connectivity index (χ3v) is 16.6. The average Bonchev–Trinajstić information content (AvgIpc) is 3.46. The molecule has 0 bridgehead atoms. The number of aliphatic hydroxyl groups excluding tert-OH is 5. The molecule has 0 spiro atoms. The van der Waals surface area contributed by atoms with Crippen LogP contribution in [0.4, 0.5) is 0 Å². The lowest BCUT2D eigenvalue weighted by Gasteiger charge is -2.40. The van der Waals surface area contributed by atoms with E-state index in [-0.39, 0.29) is 12.5 Å². The Balaban J connectivity index is 2.13. The zero-order chi connectivity index (χ0) is 57.9. The first-order valence-electron chi connectivity index (χ1n) is 34.9. The molecule has 0 aromatic heterocycles. The maximum absolute atomic E-state index is 13.1. The van der Waals surface area contributed by atoms with Crippen molar-refractivity contribution in [1.29, 1.82) is 0 Å². The predicted octanol–water partition coefficient (Wildman–Crippen LogP) is 18.8. The van der Waals surface area contributed by atoms with Gasteiger partial charge in [-0.05, 0) is 64.2 Å². The van der Waals surface area contributed by atoms with Crippen LogP contribution in [0.3, 0.4) is 0 Å². The number of carbonyl (C=O) groups is 1. The van der Waals surface area contributed by atoms with Crippen molar-refractivity contribution in [1.82, 2.24) is 5.32 Å². The van der Waals surface area contributed by atoms with Gasteiger partial charge in [-0.25, -0.2) is 0 Å². The van der Waals surface area contributed by atoms with Crippen LogP contribution < -0.4 is 5.32 Å². The molecule has 7 atom stereocenters. The van der Waals surface area contributed by atoms with Gasteiger partial charge in [-0.15, -0.1) is 0 Å². The van der Waals surface area contributed by atoms with Crippen LogP contribution >= 0.6 is 0 Å². The van der Waals surface area contributed by atoms with E-state index in [2.05, 4.69) is 55.6 Å². The Morgan fingerprint density at radius 1 is 0.425 bits per heavy atom. The van der Waals surface area contributed by atoms with E-state index in [1.165, 1.54) is 276 Å². The molecule has 1 heterocycles. The minimum Gasteiger partial charge on any atom is -0.394 e. The van der Waals surface area contributed by atoms with Crippen molar-refractivity contribution in [2.75, 3.05) is 13.2 Å². The van der Waals surface area contributed by atoms with E-state index in [0.29, 0.717) is 6.42 Å². The third kappa shape index (κ3) is 48.5. The number of amides is 1. The zero-order valence-electron chi connectivity index (χ0n) is 52.6. The minimum atomic E-state index is -1.57. The number of unbranched alkanes of at least 4 members (excludes halogenated alkanes) is 45. The average molecular weight is 1130 g/mol. The lowest BCUT2D eigenvalue weighted by molar-refractivity contribution is -0.302. The molecule has 0 aromatic rings. The second-order valence-corrected chi connectivity index (χ2v) is 24.3. The first-order chi connectivity index (χ1) is 39.3. The van der Waals surface area contributed by atoms with Crippen molar-refractivity contribution in [2.45, 2.75) is 384 Å².